The van der Waals surface area contributed by atoms with Gasteiger partial charge in [-0.2, -0.15) is 5.10 Å². The monoisotopic (exact) mass is 608 g/mol. The summed E-state index contributed by atoms with van der Waals surface area (Å²) in [6.07, 6.45) is 3.10. The summed E-state index contributed by atoms with van der Waals surface area (Å²) in [6.45, 7) is 0.623. The van der Waals surface area contributed by atoms with Gasteiger partial charge in [-0.15, -0.1) is 0 Å². The predicted molar refractivity (Wildman–Crippen MR) is 102 cm³/mol. The van der Waals surface area contributed by atoms with Gasteiger partial charge in [-0.1, -0.05) is 0 Å². The predicted octanol–water partition coefficient (Wildman–Crippen LogP) is 2.98. The van der Waals surface area contributed by atoms with Crippen molar-refractivity contribution in [3.8, 4) is 0 Å². The van der Waals surface area contributed by atoms with Crippen LogP contribution in [0, 0.1) is 10.7 Å². The summed E-state index contributed by atoms with van der Waals surface area (Å²) in [7, 11) is 0. The maximum absolute atomic E-state index is 12.2. The molecule has 1 heterocycles. The van der Waals surface area contributed by atoms with Crippen LogP contribution in [0.5, 0.6) is 0 Å². The van der Waals surface area contributed by atoms with Crippen molar-refractivity contribution in [1.82, 2.24) is 20.5 Å². The Morgan fingerprint density at radius 1 is 1.30 bits per heavy atom. The van der Waals surface area contributed by atoms with E-state index in [2.05, 4.69) is 94.3 Å². The second-order valence-corrected chi connectivity index (χ2v) is 7.53. The van der Waals surface area contributed by atoms with Crippen molar-refractivity contribution in [2.45, 2.75) is 12.8 Å². The van der Waals surface area contributed by atoms with E-state index in [-0.39, 0.29) is 5.91 Å². The highest BCUT2D eigenvalue weighted by atomic mass is 127. The van der Waals surface area contributed by atoms with Gasteiger partial charge in [0.15, 0.2) is 0 Å². The molecule has 0 spiro atoms. The fourth-order valence-corrected chi connectivity index (χ4v) is 4.03. The fourth-order valence-electron chi connectivity index (χ4n) is 1.63. The minimum atomic E-state index is -0.0246. The normalized spacial score (nSPS) is 10.6. The molecule has 106 valence electrons. The van der Waals surface area contributed by atoms with Crippen molar-refractivity contribution in [3.05, 3.63) is 40.6 Å². The molecule has 0 atom stereocenters. The lowest BCUT2D eigenvalue weighted by Crippen LogP contribution is -2.26. The molecule has 0 radical (unpaired) electrons. The van der Waals surface area contributed by atoms with E-state index in [1.54, 1.807) is 0 Å². The first-order valence-corrected chi connectivity index (χ1v) is 9.08. The summed E-state index contributed by atoms with van der Waals surface area (Å²) in [4.78, 5) is 16.2. The SMILES string of the molecule is O=C(NCCCc1ncn[nH]1)c1cc(I)cc(I)c1I. The topological polar surface area (TPSA) is 70.7 Å². The van der Waals surface area contributed by atoms with Gasteiger partial charge in [-0.3, -0.25) is 9.89 Å². The molecule has 2 aromatic rings. The van der Waals surface area contributed by atoms with Gasteiger partial charge in [0.1, 0.15) is 12.2 Å². The van der Waals surface area contributed by atoms with Crippen LogP contribution in [-0.4, -0.2) is 27.6 Å². The van der Waals surface area contributed by atoms with Gasteiger partial charge in [0.25, 0.3) is 5.91 Å². The maximum Gasteiger partial charge on any atom is 0.252 e. The largest absolute Gasteiger partial charge is 0.352 e. The number of aromatic nitrogens is 3. The van der Waals surface area contributed by atoms with Gasteiger partial charge >= 0.3 is 0 Å². The second kappa shape index (κ2) is 7.87. The quantitative estimate of drug-likeness (QED) is 0.312. The zero-order chi connectivity index (χ0) is 14.5. The van der Waals surface area contributed by atoms with Gasteiger partial charge in [0.05, 0.1) is 5.56 Å². The zero-order valence-electron chi connectivity index (χ0n) is 10.3. The molecule has 0 aliphatic heterocycles. The summed E-state index contributed by atoms with van der Waals surface area (Å²) in [6, 6.07) is 3.97. The Morgan fingerprint density at radius 3 is 2.80 bits per heavy atom. The summed E-state index contributed by atoms with van der Waals surface area (Å²) >= 11 is 6.69. The lowest BCUT2D eigenvalue weighted by Gasteiger charge is -2.08. The smallest absolute Gasteiger partial charge is 0.252 e. The van der Waals surface area contributed by atoms with E-state index in [1.165, 1.54) is 6.33 Å². The number of nitrogens with zero attached hydrogens (tertiary/aromatic N) is 2. The molecule has 2 N–H and O–H groups in total. The van der Waals surface area contributed by atoms with Crippen LogP contribution in [0.4, 0.5) is 0 Å². The Hall–Kier alpha value is 0.0200. The highest BCUT2D eigenvalue weighted by Gasteiger charge is 2.13. The summed E-state index contributed by atoms with van der Waals surface area (Å²) in [5.41, 5.74) is 0.738. The van der Waals surface area contributed by atoms with Gasteiger partial charge in [-0.05, 0) is 86.3 Å². The van der Waals surface area contributed by atoms with Crippen LogP contribution in [0.15, 0.2) is 18.5 Å². The number of rotatable bonds is 5. The number of aryl methyl sites for hydroxylation is 1. The number of hydrogen-bond acceptors (Lipinski definition) is 3. The third kappa shape index (κ3) is 4.51. The number of nitrogens with one attached hydrogen (secondary N) is 2. The van der Waals surface area contributed by atoms with Crippen LogP contribution in [0.3, 0.4) is 0 Å². The third-order valence-electron chi connectivity index (χ3n) is 2.58. The van der Waals surface area contributed by atoms with Crippen LogP contribution >= 0.6 is 67.8 Å². The molecule has 0 aliphatic rings. The van der Waals surface area contributed by atoms with Crippen molar-refractivity contribution in [2.24, 2.45) is 0 Å². The molecule has 1 amide bonds. The van der Waals surface area contributed by atoms with Crippen molar-refractivity contribution < 1.29 is 4.79 Å². The Bertz CT molecular complexity index is 601. The highest BCUT2D eigenvalue weighted by Crippen LogP contribution is 2.22. The van der Waals surface area contributed by atoms with Crippen LogP contribution in [0.2, 0.25) is 0 Å². The molecule has 0 fully saturated rings. The van der Waals surface area contributed by atoms with E-state index in [0.717, 1.165) is 34.9 Å². The molecule has 0 saturated carbocycles. The van der Waals surface area contributed by atoms with E-state index in [1.807, 2.05) is 6.07 Å². The lowest BCUT2D eigenvalue weighted by molar-refractivity contribution is 0.0952. The Morgan fingerprint density at radius 2 is 2.10 bits per heavy atom. The van der Waals surface area contributed by atoms with Crippen LogP contribution in [0.1, 0.15) is 22.6 Å². The molecule has 0 saturated heterocycles. The standard InChI is InChI=1S/C12H11I3N4O/c13-7-4-8(11(15)9(14)5-7)12(20)16-3-1-2-10-17-6-18-19-10/h4-6H,1-3H2,(H,16,20)(H,17,18,19). The van der Waals surface area contributed by atoms with Gasteiger partial charge < -0.3 is 5.32 Å². The minimum Gasteiger partial charge on any atom is -0.352 e. The molecule has 20 heavy (non-hydrogen) atoms. The number of carbonyl (C=O) groups excluding carboxylic acids is 1. The lowest BCUT2D eigenvalue weighted by atomic mass is 10.2. The first-order valence-electron chi connectivity index (χ1n) is 5.85. The molecule has 1 aromatic heterocycles. The fraction of sp³-hybridized carbons (Fsp3) is 0.250. The molecule has 2 rings (SSSR count). The van der Waals surface area contributed by atoms with E-state index in [0.29, 0.717) is 6.54 Å². The molecule has 0 aliphatic carbocycles. The molecular formula is C12H11I3N4O. The van der Waals surface area contributed by atoms with E-state index >= 15 is 0 Å². The highest BCUT2D eigenvalue weighted by molar-refractivity contribution is 14.1. The van der Waals surface area contributed by atoms with Crippen molar-refractivity contribution in [2.75, 3.05) is 6.54 Å². The van der Waals surface area contributed by atoms with Crippen molar-refractivity contribution in [3.63, 3.8) is 0 Å². The van der Waals surface area contributed by atoms with Gasteiger partial charge in [-0.25, -0.2) is 4.98 Å². The van der Waals surface area contributed by atoms with Crippen molar-refractivity contribution in [1.29, 1.82) is 0 Å². The third-order valence-corrected chi connectivity index (χ3v) is 6.25. The number of benzene rings is 1. The van der Waals surface area contributed by atoms with Crippen LogP contribution < -0.4 is 5.32 Å². The average molecular weight is 608 g/mol. The molecular weight excluding hydrogens is 597 g/mol. The molecule has 1 aromatic carbocycles. The average Bonchev–Trinajstić information content (AvgIpc) is 2.91. The minimum absolute atomic E-state index is 0.0246. The second-order valence-electron chi connectivity index (χ2n) is 4.04. The van der Waals surface area contributed by atoms with Crippen LogP contribution in [-0.2, 0) is 6.42 Å². The summed E-state index contributed by atoms with van der Waals surface area (Å²) in [5, 5.41) is 9.54. The Balaban J connectivity index is 1.89. The molecule has 5 nitrogen and oxygen atoms in total. The summed E-state index contributed by atoms with van der Waals surface area (Å²) in [5.74, 6) is 0.820. The number of amides is 1. The van der Waals surface area contributed by atoms with E-state index < -0.39 is 0 Å². The maximum atomic E-state index is 12.2. The molecule has 8 heteroatoms. The van der Waals surface area contributed by atoms with Crippen molar-refractivity contribution >= 4 is 73.7 Å². The number of hydrogen-bond donors (Lipinski definition) is 2. The molecule has 0 bridgehead atoms. The van der Waals surface area contributed by atoms with Gasteiger partial charge in [0, 0.05) is 23.7 Å². The van der Waals surface area contributed by atoms with E-state index in [9.17, 15) is 4.79 Å². The number of halogens is 3. The number of carbonyl (C=O) groups is 1. The van der Waals surface area contributed by atoms with E-state index in [4.69, 9.17) is 0 Å². The zero-order valence-corrected chi connectivity index (χ0v) is 16.8. The Kier molecular flexibility index (Phi) is 6.45. The first-order chi connectivity index (χ1) is 9.58. The summed E-state index contributed by atoms with van der Waals surface area (Å²) < 4.78 is 3.16. The number of H-pyrrole nitrogens is 1. The first kappa shape index (κ1) is 16.4. The molecule has 0 unspecified atom stereocenters. The van der Waals surface area contributed by atoms with Crippen LogP contribution in [0.25, 0.3) is 0 Å². The Labute approximate surface area is 157 Å². The number of aromatic amines is 1. The van der Waals surface area contributed by atoms with Gasteiger partial charge in [0.2, 0.25) is 0 Å².